The number of carbonyl (C=O) groups is 1. The molecule has 2 rings (SSSR count). The lowest BCUT2D eigenvalue weighted by Crippen LogP contribution is -2.44. The number of ether oxygens (including phenoxy) is 1. The van der Waals surface area contributed by atoms with Crippen LogP contribution in [0, 0.1) is 5.92 Å². The minimum Gasteiger partial charge on any atom is -0.456 e. The number of aromatic nitrogens is 1. The van der Waals surface area contributed by atoms with Crippen molar-refractivity contribution in [1.29, 1.82) is 0 Å². The molecule has 2 heterocycles. The third-order valence-corrected chi connectivity index (χ3v) is 7.75. The van der Waals surface area contributed by atoms with Crippen LogP contribution in [0.1, 0.15) is 70.5 Å². The lowest BCUT2D eigenvalue weighted by Gasteiger charge is -2.31. The second kappa shape index (κ2) is 16.0. The first-order valence-electron chi connectivity index (χ1n) is 13.3. The summed E-state index contributed by atoms with van der Waals surface area (Å²) in [6, 6.07) is 0. The predicted octanol–water partition coefficient (Wildman–Crippen LogP) is 3.82. The molecule has 1 aliphatic heterocycles. The van der Waals surface area contributed by atoms with Gasteiger partial charge in [-0.05, 0) is 52.5 Å². The SMILES string of the molecule is CC=C(C)C=C(C)C[C@H](C)[C@@H]1OC(=O)C(C)=Cc2csc(n2)[C@@H](CO)[C@@H](O)C[C@H](O)C=CC=CC[C@H](O)[C@H]1O. The second-order valence-electron chi connectivity index (χ2n) is 10.3. The van der Waals surface area contributed by atoms with E-state index in [9.17, 15) is 30.3 Å². The fourth-order valence-corrected chi connectivity index (χ4v) is 5.34. The van der Waals surface area contributed by atoms with Crippen molar-refractivity contribution in [3.63, 3.8) is 0 Å². The summed E-state index contributed by atoms with van der Waals surface area (Å²) in [6.07, 6.45) is 7.07. The van der Waals surface area contributed by atoms with Gasteiger partial charge in [-0.2, -0.15) is 0 Å². The quantitative estimate of drug-likeness (QED) is 0.270. The molecular formula is C30H43NO7S. The highest BCUT2D eigenvalue weighted by molar-refractivity contribution is 7.09. The molecule has 0 radical (unpaired) electrons. The summed E-state index contributed by atoms with van der Waals surface area (Å²) < 4.78 is 5.79. The van der Waals surface area contributed by atoms with E-state index < -0.39 is 42.4 Å². The molecule has 2 bridgehead atoms. The monoisotopic (exact) mass is 561 g/mol. The molecule has 0 fully saturated rings. The molecule has 1 aromatic rings. The zero-order valence-electron chi connectivity index (χ0n) is 23.4. The summed E-state index contributed by atoms with van der Waals surface area (Å²) in [5.74, 6) is -1.63. The molecule has 0 aliphatic carbocycles. The van der Waals surface area contributed by atoms with Crippen molar-refractivity contribution in [1.82, 2.24) is 4.98 Å². The van der Waals surface area contributed by atoms with Gasteiger partial charge in [0, 0.05) is 17.4 Å². The summed E-state index contributed by atoms with van der Waals surface area (Å²) in [7, 11) is 0. The molecule has 8 nitrogen and oxygen atoms in total. The van der Waals surface area contributed by atoms with Crippen molar-refractivity contribution in [3.05, 3.63) is 69.3 Å². The van der Waals surface area contributed by atoms with Gasteiger partial charge in [0.25, 0.3) is 0 Å². The normalized spacial score (nSPS) is 29.2. The zero-order chi connectivity index (χ0) is 29.1. The lowest BCUT2D eigenvalue weighted by atomic mass is 9.89. The van der Waals surface area contributed by atoms with Gasteiger partial charge in [0.2, 0.25) is 0 Å². The molecule has 0 saturated heterocycles. The minimum absolute atomic E-state index is 0.00594. The number of esters is 1. The van der Waals surface area contributed by atoms with Gasteiger partial charge in [0.1, 0.15) is 17.2 Å². The molecule has 0 saturated carbocycles. The maximum Gasteiger partial charge on any atom is 0.334 e. The van der Waals surface area contributed by atoms with Gasteiger partial charge in [0.05, 0.1) is 36.5 Å². The number of thiazole rings is 1. The van der Waals surface area contributed by atoms with Gasteiger partial charge in [-0.1, -0.05) is 54.5 Å². The molecule has 1 aliphatic rings. The van der Waals surface area contributed by atoms with Crippen LogP contribution in [-0.4, -0.2) is 73.6 Å². The fraction of sp³-hybridized carbons (Fsp3) is 0.533. The van der Waals surface area contributed by atoms with E-state index in [1.54, 1.807) is 36.6 Å². The van der Waals surface area contributed by atoms with E-state index in [0.717, 1.165) is 11.1 Å². The Morgan fingerprint density at radius 1 is 1.21 bits per heavy atom. The van der Waals surface area contributed by atoms with Crippen molar-refractivity contribution in [2.24, 2.45) is 5.92 Å². The summed E-state index contributed by atoms with van der Waals surface area (Å²) in [5, 5.41) is 54.8. The molecule has 0 aromatic carbocycles. The predicted molar refractivity (Wildman–Crippen MR) is 154 cm³/mol. The summed E-state index contributed by atoms with van der Waals surface area (Å²) in [4.78, 5) is 17.6. The van der Waals surface area contributed by atoms with Crippen LogP contribution < -0.4 is 0 Å². The number of cyclic esters (lactones) is 1. The maximum atomic E-state index is 13.1. The van der Waals surface area contributed by atoms with Gasteiger partial charge < -0.3 is 30.3 Å². The number of allylic oxidation sites excluding steroid dienone is 6. The van der Waals surface area contributed by atoms with E-state index in [2.05, 4.69) is 4.98 Å². The van der Waals surface area contributed by atoms with E-state index in [1.807, 2.05) is 39.8 Å². The highest BCUT2D eigenvalue weighted by Gasteiger charge is 2.34. The van der Waals surface area contributed by atoms with Crippen molar-refractivity contribution < 1.29 is 35.1 Å². The number of aliphatic hydroxyl groups is 5. The number of aliphatic hydroxyl groups excluding tert-OH is 5. The van der Waals surface area contributed by atoms with Gasteiger partial charge >= 0.3 is 5.97 Å². The smallest absolute Gasteiger partial charge is 0.334 e. The number of fused-ring (bicyclic) bond motifs is 2. The van der Waals surface area contributed by atoms with Gasteiger partial charge in [-0.25, -0.2) is 9.78 Å². The number of nitrogens with zero attached hydrogens (tertiary/aromatic N) is 1. The Labute approximate surface area is 235 Å². The van der Waals surface area contributed by atoms with Crippen molar-refractivity contribution in [3.8, 4) is 0 Å². The largest absolute Gasteiger partial charge is 0.456 e. The van der Waals surface area contributed by atoms with Crippen LogP contribution in [0.2, 0.25) is 0 Å². The average molecular weight is 562 g/mol. The highest BCUT2D eigenvalue weighted by atomic mass is 32.1. The van der Waals surface area contributed by atoms with Crippen LogP contribution >= 0.6 is 11.3 Å². The van der Waals surface area contributed by atoms with Crippen molar-refractivity contribution >= 4 is 23.4 Å². The minimum atomic E-state index is -1.33. The number of hydrogen-bond acceptors (Lipinski definition) is 9. The van der Waals surface area contributed by atoms with E-state index in [0.29, 0.717) is 17.1 Å². The Morgan fingerprint density at radius 3 is 2.59 bits per heavy atom. The maximum absolute atomic E-state index is 13.1. The lowest BCUT2D eigenvalue weighted by molar-refractivity contribution is -0.160. The van der Waals surface area contributed by atoms with E-state index in [-0.39, 0.29) is 30.9 Å². The van der Waals surface area contributed by atoms with Crippen LogP contribution in [0.15, 0.2) is 58.6 Å². The van der Waals surface area contributed by atoms with E-state index in [4.69, 9.17) is 4.74 Å². The summed E-state index contributed by atoms with van der Waals surface area (Å²) >= 11 is 1.24. The van der Waals surface area contributed by atoms with Crippen molar-refractivity contribution in [2.45, 2.75) is 90.3 Å². The number of carbonyl (C=O) groups excluding carboxylic acids is 1. The molecule has 9 heteroatoms. The van der Waals surface area contributed by atoms with Gasteiger partial charge in [-0.3, -0.25) is 0 Å². The molecular weight excluding hydrogens is 518 g/mol. The Morgan fingerprint density at radius 2 is 1.92 bits per heavy atom. The average Bonchev–Trinajstić information content (AvgIpc) is 3.33. The Hall–Kier alpha value is -2.40. The molecule has 0 amide bonds. The molecule has 216 valence electrons. The highest BCUT2D eigenvalue weighted by Crippen LogP contribution is 2.28. The topological polar surface area (TPSA) is 140 Å². The van der Waals surface area contributed by atoms with Crippen LogP contribution in [0.4, 0.5) is 0 Å². The number of hydrogen-bond donors (Lipinski definition) is 5. The third-order valence-electron chi connectivity index (χ3n) is 6.75. The van der Waals surface area contributed by atoms with Crippen LogP contribution in [0.5, 0.6) is 0 Å². The molecule has 5 N–H and O–H groups in total. The Balaban J connectivity index is 2.42. The first-order chi connectivity index (χ1) is 18.5. The summed E-state index contributed by atoms with van der Waals surface area (Å²) in [6.45, 7) is 9.02. The molecule has 39 heavy (non-hydrogen) atoms. The van der Waals surface area contributed by atoms with Crippen molar-refractivity contribution in [2.75, 3.05) is 6.61 Å². The standard InChI is InChI=1S/C30H43NO7S/c1-6-18(2)12-19(3)13-20(4)28-27(36)25(34)11-9-7-8-10-23(33)15-26(35)24(16-32)29-31-22(17-39-29)14-21(5)30(37)38-28/h6-10,12,14,17,20,23-28,32-36H,11,13,15-16H2,1-5H3/t20-,23+,24-,25-,26-,27+,28-/m0/s1. The first kappa shape index (κ1) is 32.8. The molecule has 7 atom stereocenters. The van der Waals surface area contributed by atoms with E-state index >= 15 is 0 Å². The summed E-state index contributed by atoms with van der Waals surface area (Å²) in [5.41, 5.74) is 2.86. The van der Waals surface area contributed by atoms with Gasteiger partial charge in [0.15, 0.2) is 0 Å². The molecule has 0 spiro atoms. The zero-order valence-corrected chi connectivity index (χ0v) is 24.2. The molecule has 1 aromatic heterocycles. The van der Waals surface area contributed by atoms with Gasteiger partial charge in [-0.15, -0.1) is 11.3 Å². The molecule has 0 unspecified atom stereocenters. The van der Waals surface area contributed by atoms with E-state index in [1.165, 1.54) is 17.4 Å². The second-order valence-corrected chi connectivity index (χ2v) is 11.2. The van der Waals surface area contributed by atoms with Crippen LogP contribution in [-0.2, 0) is 9.53 Å². The fourth-order valence-electron chi connectivity index (χ4n) is 4.41. The first-order valence-corrected chi connectivity index (χ1v) is 14.2. The Kier molecular flexibility index (Phi) is 13.5. The third kappa shape index (κ3) is 10.3. The van der Waals surface area contributed by atoms with Crippen LogP contribution in [0.3, 0.4) is 0 Å². The van der Waals surface area contributed by atoms with Crippen LogP contribution in [0.25, 0.3) is 6.08 Å². The Bertz CT molecular complexity index is 1090. The number of rotatable bonds is 5.